The second kappa shape index (κ2) is 4.84. The van der Waals surface area contributed by atoms with Gasteiger partial charge in [0, 0.05) is 0 Å². The predicted molar refractivity (Wildman–Crippen MR) is 53.6 cm³/mol. The van der Waals surface area contributed by atoms with Crippen molar-refractivity contribution in [1.82, 2.24) is 0 Å². The summed E-state index contributed by atoms with van der Waals surface area (Å²) in [6.07, 6.45) is 4.32. The minimum atomic E-state index is -0.569. The molecule has 0 spiro atoms. The summed E-state index contributed by atoms with van der Waals surface area (Å²) in [7, 11) is 0. The molecule has 2 aliphatic rings. The third-order valence-corrected chi connectivity index (χ3v) is 3.13. The summed E-state index contributed by atoms with van der Waals surface area (Å²) < 4.78 is 15.3. The number of ether oxygens (including phenoxy) is 3. The normalized spacial score (nSPS) is 36.1. The molecule has 4 heteroatoms. The summed E-state index contributed by atoms with van der Waals surface area (Å²) in [6, 6.07) is 0. The maximum Gasteiger partial charge on any atom is 0.508 e. The van der Waals surface area contributed by atoms with Crippen LogP contribution in [0.5, 0.6) is 0 Å². The first-order valence-electron chi connectivity index (χ1n) is 5.69. The van der Waals surface area contributed by atoms with E-state index in [1.54, 1.807) is 0 Å². The molecule has 1 aliphatic heterocycles. The van der Waals surface area contributed by atoms with E-state index in [2.05, 4.69) is 11.7 Å². The van der Waals surface area contributed by atoms with E-state index in [0.717, 1.165) is 18.8 Å². The Morgan fingerprint density at radius 3 is 2.67 bits per heavy atom. The molecule has 86 valence electrons. The van der Waals surface area contributed by atoms with Crippen LogP contribution in [0.1, 0.15) is 32.6 Å². The Morgan fingerprint density at radius 2 is 2.07 bits per heavy atom. The summed E-state index contributed by atoms with van der Waals surface area (Å²) >= 11 is 0. The van der Waals surface area contributed by atoms with Crippen molar-refractivity contribution < 1.29 is 19.0 Å². The molecule has 4 nitrogen and oxygen atoms in total. The summed E-state index contributed by atoms with van der Waals surface area (Å²) in [5.74, 6) is 0.831. The van der Waals surface area contributed by atoms with Crippen LogP contribution in [-0.2, 0) is 14.2 Å². The van der Waals surface area contributed by atoms with E-state index in [0.29, 0.717) is 19.3 Å². The highest BCUT2D eigenvalue weighted by molar-refractivity contribution is 5.61. The van der Waals surface area contributed by atoms with E-state index >= 15 is 0 Å². The van der Waals surface area contributed by atoms with E-state index in [1.165, 1.54) is 12.8 Å². The monoisotopic (exact) mass is 214 g/mol. The Bertz CT molecular complexity index is 221. The lowest BCUT2D eigenvalue weighted by Gasteiger charge is -2.26. The standard InChI is InChI=1S/C11H18O4/c1-8-2-4-9(5-3-8)13-6-10-7-14-11(12)15-10/h8-10H,2-7H2,1H3. The average molecular weight is 214 g/mol. The van der Waals surface area contributed by atoms with Crippen molar-refractivity contribution in [3.8, 4) is 0 Å². The maximum absolute atomic E-state index is 10.6. The van der Waals surface area contributed by atoms with Gasteiger partial charge in [-0.2, -0.15) is 0 Å². The molecule has 1 atom stereocenters. The van der Waals surface area contributed by atoms with Crippen molar-refractivity contribution in [3.05, 3.63) is 0 Å². The quantitative estimate of drug-likeness (QED) is 0.675. The minimum Gasteiger partial charge on any atom is -0.430 e. The van der Waals surface area contributed by atoms with Gasteiger partial charge in [-0.25, -0.2) is 4.79 Å². The number of rotatable bonds is 3. The first-order valence-corrected chi connectivity index (χ1v) is 5.69. The Morgan fingerprint density at radius 1 is 1.33 bits per heavy atom. The van der Waals surface area contributed by atoms with E-state index in [4.69, 9.17) is 9.47 Å². The summed E-state index contributed by atoms with van der Waals surface area (Å²) in [6.45, 7) is 3.09. The van der Waals surface area contributed by atoms with Crippen molar-refractivity contribution in [2.75, 3.05) is 13.2 Å². The van der Waals surface area contributed by atoms with Gasteiger partial charge in [0.2, 0.25) is 0 Å². The largest absolute Gasteiger partial charge is 0.508 e. The van der Waals surface area contributed by atoms with Crippen LogP contribution in [0.25, 0.3) is 0 Å². The lowest BCUT2D eigenvalue weighted by Crippen LogP contribution is -2.26. The van der Waals surface area contributed by atoms with E-state index in [9.17, 15) is 4.79 Å². The van der Waals surface area contributed by atoms with Gasteiger partial charge < -0.3 is 14.2 Å². The van der Waals surface area contributed by atoms with Crippen molar-refractivity contribution in [1.29, 1.82) is 0 Å². The van der Waals surface area contributed by atoms with Gasteiger partial charge in [-0.05, 0) is 31.6 Å². The van der Waals surface area contributed by atoms with E-state index in [-0.39, 0.29) is 6.10 Å². The van der Waals surface area contributed by atoms with Crippen LogP contribution < -0.4 is 0 Å². The van der Waals surface area contributed by atoms with Crippen LogP contribution in [0.2, 0.25) is 0 Å². The van der Waals surface area contributed by atoms with Gasteiger partial charge >= 0.3 is 6.16 Å². The molecule has 1 saturated carbocycles. The van der Waals surface area contributed by atoms with Crippen molar-refractivity contribution >= 4 is 6.16 Å². The molecular weight excluding hydrogens is 196 g/mol. The fourth-order valence-corrected chi connectivity index (χ4v) is 2.09. The topological polar surface area (TPSA) is 44.8 Å². The third kappa shape index (κ3) is 3.09. The minimum absolute atomic E-state index is 0.197. The first-order chi connectivity index (χ1) is 7.24. The highest BCUT2D eigenvalue weighted by atomic mass is 16.8. The van der Waals surface area contributed by atoms with Crippen LogP contribution in [0.15, 0.2) is 0 Å². The predicted octanol–water partition coefficient (Wildman–Crippen LogP) is 2.12. The van der Waals surface area contributed by atoms with Crippen molar-refractivity contribution in [2.45, 2.75) is 44.8 Å². The third-order valence-electron chi connectivity index (χ3n) is 3.13. The number of cyclic esters (lactones) is 2. The molecule has 2 rings (SSSR count). The molecule has 0 aromatic heterocycles. The Balaban J connectivity index is 1.63. The van der Waals surface area contributed by atoms with Gasteiger partial charge in [-0.1, -0.05) is 6.92 Å². The molecule has 0 aromatic carbocycles. The highest BCUT2D eigenvalue weighted by Crippen LogP contribution is 2.25. The molecular formula is C11H18O4. The first kappa shape index (κ1) is 10.7. The summed E-state index contributed by atoms with van der Waals surface area (Å²) in [4.78, 5) is 10.6. The van der Waals surface area contributed by atoms with E-state index in [1.807, 2.05) is 0 Å². The van der Waals surface area contributed by atoms with Crippen LogP contribution in [0.3, 0.4) is 0 Å². The van der Waals surface area contributed by atoms with Crippen molar-refractivity contribution in [3.63, 3.8) is 0 Å². The number of carbonyl (C=O) groups excluding carboxylic acids is 1. The molecule has 0 bridgehead atoms. The van der Waals surface area contributed by atoms with Crippen molar-refractivity contribution in [2.24, 2.45) is 5.92 Å². The molecule has 0 amide bonds. The zero-order chi connectivity index (χ0) is 10.7. The van der Waals surface area contributed by atoms with Gasteiger partial charge in [0.15, 0.2) is 6.10 Å². The Hall–Kier alpha value is -0.770. The van der Waals surface area contributed by atoms with Crippen LogP contribution >= 0.6 is 0 Å². The van der Waals surface area contributed by atoms with Gasteiger partial charge in [0.05, 0.1) is 12.7 Å². The molecule has 0 aromatic rings. The smallest absolute Gasteiger partial charge is 0.430 e. The molecule has 2 fully saturated rings. The fraction of sp³-hybridized carbons (Fsp3) is 0.909. The molecule has 1 aliphatic carbocycles. The van der Waals surface area contributed by atoms with Gasteiger partial charge in [-0.3, -0.25) is 0 Å². The molecule has 1 heterocycles. The van der Waals surface area contributed by atoms with E-state index < -0.39 is 6.16 Å². The van der Waals surface area contributed by atoms with Gasteiger partial charge in [0.1, 0.15) is 6.61 Å². The molecule has 0 radical (unpaired) electrons. The lowest BCUT2D eigenvalue weighted by atomic mass is 9.89. The zero-order valence-corrected chi connectivity index (χ0v) is 9.11. The second-order valence-corrected chi connectivity index (χ2v) is 4.52. The SMILES string of the molecule is CC1CCC(OCC2COC(=O)O2)CC1. The summed E-state index contributed by atoms with van der Waals surface area (Å²) in [5, 5.41) is 0. The number of carbonyl (C=O) groups is 1. The highest BCUT2D eigenvalue weighted by Gasteiger charge is 2.27. The number of hydrogen-bond acceptors (Lipinski definition) is 4. The fourth-order valence-electron chi connectivity index (χ4n) is 2.09. The maximum atomic E-state index is 10.6. The number of hydrogen-bond donors (Lipinski definition) is 0. The van der Waals surface area contributed by atoms with Gasteiger partial charge in [-0.15, -0.1) is 0 Å². The molecule has 0 N–H and O–H groups in total. The lowest BCUT2D eigenvalue weighted by molar-refractivity contribution is -0.0208. The second-order valence-electron chi connectivity index (χ2n) is 4.52. The molecule has 1 unspecified atom stereocenters. The summed E-state index contributed by atoms with van der Waals surface area (Å²) in [5.41, 5.74) is 0. The molecule has 1 saturated heterocycles. The van der Waals surface area contributed by atoms with Crippen LogP contribution in [0.4, 0.5) is 4.79 Å². The zero-order valence-electron chi connectivity index (χ0n) is 9.11. The van der Waals surface area contributed by atoms with Gasteiger partial charge in [0.25, 0.3) is 0 Å². The molecule has 15 heavy (non-hydrogen) atoms. The Labute approximate surface area is 89.9 Å². The average Bonchev–Trinajstić information content (AvgIpc) is 2.64. The van der Waals surface area contributed by atoms with Crippen LogP contribution in [0, 0.1) is 5.92 Å². The Kier molecular flexibility index (Phi) is 3.46. The van der Waals surface area contributed by atoms with Crippen LogP contribution in [-0.4, -0.2) is 31.6 Å².